The number of aromatic nitrogens is 5. The van der Waals surface area contributed by atoms with Crippen molar-refractivity contribution in [2.45, 2.75) is 46.6 Å². The highest BCUT2D eigenvalue weighted by Crippen LogP contribution is 2.42. The maximum atomic E-state index is 13.5. The van der Waals surface area contributed by atoms with Gasteiger partial charge in [0.2, 0.25) is 0 Å². The van der Waals surface area contributed by atoms with Gasteiger partial charge in [-0.25, -0.2) is 0 Å². The lowest BCUT2D eigenvalue weighted by atomic mass is 9.72. The second-order valence-corrected chi connectivity index (χ2v) is 9.84. The highest BCUT2D eigenvalue weighted by Gasteiger charge is 2.32. The van der Waals surface area contributed by atoms with Crippen molar-refractivity contribution in [3.05, 3.63) is 56.7 Å². The highest BCUT2D eigenvalue weighted by molar-refractivity contribution is 7.18. The molecule has 7 heteroatoms. The summed E-state index contributed by atoms with van der Waals surface area (Å²) >= 11 is 1.69. The molecule has 0 aliphatic heterocycles. The van der Waals surface area contributed by atoms with Gasteiger partial charge in [0.05, 0.1) is 11.9 Å². The van der Waals surface area contributed by atoms with Crippen LogP contribution in [0.3, 0.4) is 0 Å². The number of aryl methyl sites for hydroxylation is 1. The maximum absolute atomic E-state index is 13.5. The van der Waals surface area contributed by atoms with E-state index in [0.29, 0.717) is 18.2 Å². The number of rotatable bonds is 2. The first-order valence-electron chi connectivity index (χ1n) is 9.72. The van der Waals surface area contributed by atoms with E-state index >= 15 is 0 Å². The molecule has 0 radical (unpaired) electrons. The van der Waals surface area contributed by atoms with Crippen molar-refractivity contribution in [1.82, 2.24) is 24.6 Å². The quantitative estimate of drug-likeness (QED) is 0.521. The van der Waals surface area contributed by atoms with Gasteiger partial charge in [0.1, 0.15) is 4.83 Å². The number of benzene rings is 1. The zero-order valence-corrected chi connectivity index (χ0v) is 17.2. The van der Waals surface area contributed by atoms with Gasteiger partial charge in [-0.2, -0.15) is 4.52 Å². The molecule has 144 valence electrons. The van der Waals surface area contributed by atoms with Crippen LogP contribution in [0.25, 0.3) is 16.0 Å². The van der Waals surface area contributed by atoms with Gasteiger partial charge in [0, 0.05) is 4.88 Å². The molecule has 0 N–H and O–H groups in total. The lowest BCUT2D eigenvalue weighted by molar-refractivity contribution is 0.218. The molecule has 1 aliphatic carbocycles. The topological polar surface area (TPSA) is 65.1 Å². The largest absolute Gasteiger partial charge is 0.270 e. The number of nitrogens with zero attached hydrogens (tertiary/aromatic N) is 5. The van der Waals surface area contributed by atoms with Gasteiger partial charge in [-0.15, -0.1) is 11.3 Å². The second kappa shape index (κ2) is 6.24. The van der Waals surface area contributed by atoms with Crippen LogP contribution in [0.2, 0.25) is 0 Å². The van der Waals surface area contributed by atoms with E-state index in [0.717, 1.165) is 35.0 Å². The molecule has 0 spiro atoms. The summed E-state index contributed by atoms with van der Waals surface area (Å²) in [6.45, 7) is 7.39. The van der Waals surface area contributed by atoms with Crippen molar-refractivity contribution >= 4 is 27.3 Å². The normalized spacial score (nSPS) is 17.3. The number of tetrazole rings is 1. The molecule has 0 saturated carbocycles. The fourth-order valence-electron chi connectivity index (χ4n) is 4.30. The lowest BCUT2D eigenvalue weighted by Crippen LogP contribution is -2.27. The van der Waals surface area contributed by atoms with Crippen LogP contribution in [-0.4, -0.2) is 24.6 Å². The van der Waals surface area contributed by atoms with E-state index in [1.807, 2.05) is 30.3 Å². The van der Waals surface area contributed by atoms with Crippen LogP contribution in [0.15, 0.2) is 35.1 Å². The van der Waals surface area contributed by atoms with Gasteiger partial charge in [0.25, 0.3) is 11.3 Å². The first-order chi connectivity index (χ1) is 13.4. The number of hydrogen-bond donors (Lipinski definition) is 0. The van der Waals surface area contributed by atoms with Crippen molar-refractivity contribution in [3.8, 4) is 0 Å². The second-order valence-electron chi connectivity index (χ2n) is 8.76. The minimum absolute atomic E-state index is 0.0212. The van der Waals surface area contributed by atoms with Gasteiger partial charge in [0.15, 0.2) is 0 Å². The number of fused-ring (bicyclic) bond motifs is 5. The fraction of sp³-hybridized carbons (Fsp3) is 0.429. The minimum Gasteiger partial charge on any atom is -0.270 e. The molecule has 0 bridgehead atoms. The molecule has 4 aromatic rings. The minimum atomic E-state index is 0.0212. The van der Waals surface area contributed by atoms with Gasteiger partial charge in [-0.3, -0.25) is 9.36 Å². The molecule has 3 heterocycles. The summed E-state index contributed by atoms with van der Waals surface area (Å²) < 4.78 is 3.45. The van der Waals surface area contributed by atoms with E-state index in [1.165, 1.54) is 10.4 Å². The Bertz CT molecular complexity index is 1230. The third-order valence-electron chi connectivity index (χ3n) is 6.00. The molecule has 1 unspecified atom stereocenters. The maximum Gasteiger partial charge on any atom is 0.264 e. The number of thiophene rings is 1. The van der Waals surface area contributed by atoms with Crippen LogP contribution < -0.4 is 5.56 Å². The van der Waals surface area contributed by atoms with Crippen molar-refractivity contribution in [2.75, 3.05) is 0 Å². The Morgan fingerprint density at radius 2 is 2.00 bits per heavy atom. The summed E-state index contributed by atoms with van der Waals surface area (Å²) in [6, 6.07) is 9.99. The van der Waals surface area contributed by atoms with Crippen molar-refractivity contribution < 1.29 is 0 Å². The Morgan fingerprint density at radius 1 is 1.21 bits per heavy atom. The summed E-state index contributed by atoms with van der Waals surface area (Å²) in [6.07, 6.45) is 3.10. The summed E-state index contributed by atoms with van der Waals surface area (Å²) in [7, 11) is 0. The average molecular weight is 394 g/mol. The zero-order chi connectivity index (χ0) is 19.5. The molecule has 28 heavy (non-hydrogen) atoms. The summed E-state index contributed by atoms with van der Waals surface area (Å²) in [5.74, 6) is 1.14. The summed E-state index contributed by atoms with van der Waals surface area (Å²) in [4.78, 5) is 15.7. The van der Waals surface area contributed by atoms with Crippen molar-refractivity contribution in [2.24, 2.45) is 11.3 Å². The third-order valence-corrected chi connectivity index (χ3v) is 7.23. The smallest absolute Gasteiger partial charge is 0.264 e. The Hall–Kier alpha value is -2.54. The average Bonchev–Trinajstić information content (AvgIpc) is 3.29. The summed E-state index contributed by atoms with van der Waals surface area (Å²) in [5, 5.41) is 13.0. The van der Waals surface area contributed by atoms with Crippen molar-refractivity contribution in [1.29, 1.82) is 0 Å². The third kappa shape index (κ3) is 2.68. The SMILES string of the molecule is CC(C)(C)C1CCc2c(sc3c2c(=O)n(Cc2ccccc2)c2nnnn32)C1. The molecule has 6 nitrogen and oxygen atoms in total. The van der Waals surface area contributed by atoms with E-state index in [9.17, 15) is 4.79 Å². The molecular formula is C21H23N5OS. The summed E-state index contributed by atoms with van der Waals surface area (Å²) in [5.41, 5.74) is 2.56. The molecule has 1 aliphatic rings. The van der Waals surface area contributed by atoms with Crippen LogP contribution in [0, 0.1) is 11.3 Å². The van der Waals surface area contributed by atoms with Gasteiger partial charge in [-0.05, 0) is 52.1 Å². The predicted molar refractivity (Wildman–Crippen MR) is 111 cm³/mol. The Labute approximate surface area is 166 Å². The van der Waals surface area contributed by atoms with E-state index in [1.54, 1.807) is 20.4 Å². The Balaban J connectivity index is 1.72. The van der Waals surface area contributed by atoms with E-state index in [4.69, 9.17) is 0 Å². The van der Waals surface area contributed by atoms with Gasteiger partial charge < -0.3 is 0 Å². The highest BCUT2D eigenvalue weighted by atomic mass is 32.1. The Morgan fingerprint density at radius 3 is 2.75 bits per heavy atom. The fourth-order valence-corrected chi connectivity index (χ4v) is 5.66. The van der Waals surface area contributed by atoms with Crippen LogP contribution in [0.4, 0.5) is 0 Å². The molecule has 0 fully saturated rings. The van der Waals surface area contributed by atoms with Crippen LogP contribution in [0.1, 0.15) is 43.2 Å². The van der Waals surface area contributed by atoms with Crippen LogP contribution in [-0.2, 0) is 19.4 Å². The van der Waals surface area contributed by atoms with E-state index in [2.05, 4.69) is 36.3 Å². The zero-order valence-electron chi connectivity index (χ0n) is 16.3. The molecule has 1 atom stereocenters. The van der Waals surface area contributed by atoms with E-state index in [-0.39, 0.29) is 11.0 Å². The molecule has 1 aromatic carbocycles. The van der Waals surface area contributed by atoms with Crippen molar-refractivity contribution in [3.63, 3.8) is 0 Å². The first kappa shape index (κ1) is 17.6. The number of hydrogen-bond acceptors (Lipinski definition) is 5. The molecular weight excluding hydrogens is 370 g/mol. The Kier molecular flexibility index (Phi) is 3.91. The molecule has 3 aromatic heterocycles. The standard InChI is InChI=1S/C21H23N5OS/c1-21(2,3)14-9-10-15-16(11-14)28-19-17(15)18(27)25(20-22-23-24-26(19)20)12-13-7-5-4-6-8-13/h4-8,14H,9-12H2,1-3H3. The van der Waals surface area contributed by atoms with Gasteiger partial charge >= 0.3 is 0 Å². The molecule has 0 amide bonds. The first-order valence-corrected chi connectivity index (χ1v) is 10.5. The molecule has 5 rings (SSSR count). The molecule has 0 saturated heterocycles. The lowest BCUT2D eigenvalue weighted by Gasteiger charge is -2.33. The van der Waals surface area contributed by atoms with Gasteiger partial charge in [-0.1, -0.05) is 56.2 Å². The van der Waals surface area contributed by atoms with Crippen LogP contribution in [0.5, 0.6) is 0 Å². The van der Waals surface area contributed by atoms with Crippen LogP contribution >= 0.6 is 11.3 Å². The van der Waals surface area contributed by atoms with E-state index < -0.39 is 0 Å². The monoisotopic (exact) mass is 393 g/mol. The predicted octanol–water partition coefficient (Wildman–Crippen LogP) is 3.70.